The van der Waals surface area contributed by atoms with E-state index in [9.17, 15) is 19.5 Å². The number of carbonyl (C=O) groups excluding carboxylic acids is 2. The molecule has 0 fully saturated rings. The molecule has 0 bridgehead atoms. The van der Waals surface area contributed by atoms with Crippen molar-refractivity contribution in [2.75, 3.05) is 6.54 Å². The maximum absolute atomic E-state index is 12.8. The van der Waals surface area contributed by atoms with E-state index in [1.165, 1.54) is 0 Å². The van der Waals surface area contributed by atoms with E-state index in [1.54, 1.807) is 0 Å². The SMILES string of the molecule is CC/C=C\C/C=C\C/C=C\C/C=C\C/C=C\C/C=C\C/C=C\CCCC(=O)OC(/C=C\C/C=C\C/C=C\C/C=C\CC)CCCCCCCC(=O)NC(CCCN)C(=O)O. The predicted octanol–water partition coefficient (Wildman–Crippen LogP) is 13.6. The van der Waals surface area contributed by atoms with Crippen LogP contribution in [0.2, 0.25) is 0 Å². The van der Waals surface area contributed by atoms with Crippen molar-refractivity contribution < 1.29 is 24.2 Å². The fraction of sp³-hybridized carbons (Fsp3) is 0.528. The molecule has 0 spiro atoms. The van der Waals surface area contributed by atoms with Crippen LogP contribution in [0.25, 0.3) is 0 Å². The number of esters is 1. The van der Waals surface area contributed by atoms with Gasteiger partial charge in [0.05, 0.1) is 0 Å². The maximum atomic E-state index is 12.8. The molecule has 0 aliphatic carbocycles. The van der Waals surface area contributed by atoms with Crippen molar-refractivity contribution in [1.82, 2.24) is 5.32 Å². The molecule has 0 saturated carbocycles. The minimum absolute atomic E-state index is 0.162. The fourth-order valence-corrected chi connectivity index (χ4v) is 5.82. The molecule has 1 amide bonds. The fourth-order valence-electron chi connectivity index (χ4n) is 5.82. The van der Waals surface area contributed by atoms with E-state index < -0.39 is 12.0 Å². The Hall–Kier alpha value is -4.49. The standard InChI is InChI=1S/C53H82N2O5/c1-3-5-7-9-11-13-15-16-17-18-19-20-21-22-23-24-25-26-28-30-32-37-41-47-52(57)60-49(43-38-34-31-29-27-14-12-10-8-6-4-2)44-39-35-33-36-40-46-51(56)55-50(53(58)59)45-42-48-54/h5-8,11-14,16-17,19-20,22-23,25-26,29-32,38,43,49-50H,3-4,9-10,15,18,21,24,27-28,33-37,39-42,44-48,54H2,1-2H3,(H,55,56)(H,58,59)/b7-5-,8-6-,13-11-,14-12-,17-16-,20-19-,23-22-,26-25-,31-29-,32-30-,43-38-. The highest BCUT2D eigenvalue weighted by molar-refractivity contribution is 5.83. The summed E-state index contributed by atoms with van der Waals surface area (Å²) in [5.41, 5.74) is 5.48. The van der Waals surface area contributed by atoms with Crippen LogP contribution in [-0.4, -0.2) is 41.6 Å². The van der Waals surface area contributed by atoms with Gasteiger partial charge in [-0.3, -0.25) is 9.59 Å². The number of amides is 1. The van der Waals surface area contributed by atoms with E-state index in [0.29, 0.717) is 38.6 Å². The number of hydrogen-bond donors (Lipinski definition) is 3. The molecule has 2 atom stereocenters. The first-order valence-electron chi connectivity index (χ1n) is 23.0. The van der Waals surface area contributed by atoms with Gasteiger partial charge in [0.25, 0.3) is 0 Å². The lowest BCUT2D eigenvalue weighted by atomic mass is 10.1. The van der Waals surface area contributed by atoms with Gasteiger partial charge in [-0.1, -0.05) is 161 Å². The zero-order chi connectivity index (χ0) is 43.8. The molecule has 0 aromatic carbocycles. The van der Waals surface area contributed by atoms with Crippen molar-refractivity contribution in [1.29, 1.82) is 0 Å². The smallest absolute Gasteiger partial charge is 0.326 e. The molecule has 334 valence electrons. The zero-order valence-electron chi connectivity index (χ0n) is 37.5. The van der Waals surface area contributed by atoms with Gasteiger partial charge in [-0.05, 0) is 128 Å². The van der Waals surface area contributed by atoms with Crippen molar-refractivity contribution >= 4 is 17.8 Å². The third-order valence-electron chi connectivity index (χ3n) is 9.20. The van der Waals surface area contributed by atoms with E-state index in [1.807, 2.05) is 6.08 Å². The van der Waals surface area contributed by atoms with Crippen molar-refractivity contribution in [3.63, 3.8) is 0 Å². The minimum Gasteiger partial charge on any atom is -0.480 e. The molecule has 7 nitrogen and oxygen atoms in total. The van der Waals surface area contributed by atoms with E-state index in [-0.39, 0.29) is 18.0 Å². The van der Waals surface area contributed by atoms with Crippen LogP contribution in [0.1, 0.15) is 162 Å². The van der Waals surface area contributed by atoms with Crippen molar-refractivity contribution in [3.8, 4) is 0 Å². The Bertz CT molecular complexity index is 1390. The van der Waals surface area contributed by atoms with E-state index >= 15 is 0 Å². The Labute approximate surface area is 365 Å². The molecule has 7 heteroatoms. The molecule has 2 unspecified atom stereocenters. The number of hydrogen-bond acceptors (Lipinski definition) is 5. The highest BCUT2D eigenvalue weighted by atomic mass is 16.5. The van der Waals surface area contributed by atoms with E-state index in [4.69, 9.17) is 10.5 Å². The van der Waals surface area contributed by atoms with Crippen molar-refractivity contribution in [2.24, 2.45) is 5.73 Å². The first-order chi connectivity index (χ1) is 29.4. The monoisotopic (exact) mass is 827 g/mol. The van der Waals surface area contributed by atoms with Crippen LogP contribution in [0.3, 0.4) is 0 Å². The Morgan fingerprint density at radius 1 is 0.500 bits per heavy atom. The van der Waals surface area contributed by atoms with Crippen LogP contribution in [0.5, 0.6) is 0 Å². The van der Waals surface area contributed by atoms with Crippen LogP contribution in [-0.2, 0) is 19.1 Å². The van der Waals surface area contributed by atoms with Gasteiger partial charge in [-0.25, -0.2) is 4.79 Å². The lowest BCUT2D eigenvalue weighted by Crippen LogP contribution is -2.40. The van der Waals surface area contributed by atoms with Crippen molar-refractivity contribution in [3.05, 3.63) is 134 Å². The summed E-state index contributed by atoms with van der Waals surface area (Å²) in [5.74, 6) is -1.42. The number of rotatable bonds is 39. The normalized spacial score (nSPS) is 13.9. The molecule has 0 aromatic rings. The van der Waals surface area contributed by atoms with E-state index in [2.05, 4.69) is 147 Å². The molecule has 0 saturated heterocycles. The van der Waals surface area contributed by atoms with Crippen LogP contribution >= 0.6 is 0 Å². The Morgan fingerprint density at radius 2 is 0.917 bits per heavy atom. The Morgan fingerprint density at radius 3 is 1.37 bits per heavy atom. The largest absolute Gasteiger partial charge is 0.480 e. The number of carboxylic acids is 1. The summed E-state index contributed by atoms with van der Waals surface area (Å²) in [6.07, 6.45) is 66.6. The first kappa shape index (κ1) is 55.5. The summed E-state index contributed by atoms with van der Waals surface area (Å²) in [6, 6.07) is -0.880. The van der Waals surface area contributed by atoms with Gasteiger partial charge in [0.15, 0.2) is 0 Å². The number of nitrogens with two attached hydrogens (primary N) is 1. The van der Waals surface area contributed by atoms with E-state index in [0.717, 1.165) is 116 Å². The number of carbonyl (C=O) groups is 3. The summed E-state index contributed by atoms with van der Waals surface area (Å²) >= 11 is 0. The average molecular weight is 827 g/mol. The second kappa shape index (κ2) is 45.6. The lowest BCUT2D eigenvalue weighted by Gasteiger charge is -2.15. The summed E-state index contributed by atoms with van der Waals surface area (Å²) in [6.45, 7) is 4.68. The number of nitrogens with one attached hydrogen (secondary N) is 1. The molecule has 0 radical (unpaired) electrons. The first-order valence-corrected chi connectivity index (χ1v) is 23.0. The van der Waals surface area contributed by atoms with Gasteiger partial charge in [0.1, 0.15) is 12.1 Å². The number of ether oxygens (including phenoxy) is 1. The molecule has 0 aliphatic heterocycles. The second-order valence-corrected chi connectivity index (χ2v) is 14.7. The summed E-state index contributed by atoms with van der Waals surface area (Å²) in [5, 5.41) is 11.9. The lowest BCUT2D eigenvalue weighted by molar-refractivity contribution is -0.147. The van der Waals surface area contributed by atoms with Crippen LogP contribution in [0.4, 0.5) is 0 Å². The van der Waals surface area contributed by atoms with Gasteiger partial charge >= 0.3 is 11.9 Å². The minimum atomic E-state index is -1.02. The van der Waals surface area contributed by atoms with Gasteiger partial charge in [-0.15, -0.1) is 0 Å². The molecule has 0 aromatic heterocycles. The second-order valence-electron chi connectivity index (χ2n) is 14.7. The van der Waals surface area contributed by atoms with Gasteiger partial charge < -0.3 is 20.9 Å². The number of allylic oxidation sites excluding steroid dienone is 21. The maximum Gasteiger partial charge on any atom is 0.326 e. The molecule has 0 rings (SSSR count). The molecule has 0 heterocycles. The van der Waals surface area contributed by atoms with Gasteiger partial charge in [0.2, 0.25) is 5.91 Å². The summed E-state index contributed by atoms with van der Waals surface area (Å²) < 4.78 is 5.91. The Balaban J connectivity index is 4.50. The van der Waals surface area contributed by atoms with Crippen LogP contribution in [0, 0.1) is 0 Å². The highest BCUT2D eigenvalue weighted by Gasteiger charge is 2.18. The predicted molar refractivity (Wildman–Crippen MR) is 257 cm³/mol. The van der Waals surface area contributed by atoms with Crippen LogP contribution in [0.15, 0.2) is 134 Å². The number of aliphatic carboxylic acids is 1. The average Bonchev–Trinajstić information content (AvgIpc) is 3.23. The summed E-state index contributed by atoms with van der Waals surface area (Å²) in [7, 11) is 0. The highest BCUT2D eigenvalue weighted by Crippen LogP contribution is 2.14. The molecule has 4 N–H and O–H groups in total. The molecule has 60 heavy (non-hydrogen) atoms. The summed E-state index contributed by atoms with van der Waals surface area (Å²) in [4.78, 5) is 36.4. The quantitative estimate of drug-likeness (QED) is 0.0323. The number of carboxylic acid groups (broad SMARTS) is 1. The number of unbranched alkanes of at least 4 members (excludes halogenated alkanes) is 5. The molecular weight excluding hydrogens is 745 g/mol. The molecular formula is C53H82N2O5. The third-order valence-corrected chi connectivity index (χ3v) is 9.20. The third kappa shape index (κ3) is 41.7. The molecule has 0 aliphatic rings. The topological polar surface area (TPSA) is 119 Å². The van der Waals surface area contributed by atoms with Crippen LogP contribution < -0.4 is 11.1 Å². The van der Waals surface area contributed by atoms with Gasteiger partial charge in [-0.2, -0.15) is 0 Å². The zero-order valence-corrected chi connectivity index (χ0v) is 37.5. The Kier molecular flexibility index (Phi) is 42.2. The van der Waals surface area contributed by atoms with Crippen molar-refractivity contribution in [2.45, 2.75) is 174 Å². The van der Waals surface area contributed by atoms with Gasteiger partial charge in [0, 0.05) is 12.8 Å².